The highest BCUT2D eigenvalue weighted by molar-refractivity contribution is 5.96. The average molecular weight is 350 g/mol. The van der Waals surface area contributed by atoms with Crippen molar-refractivity contribution in [1.29, 1.82) is 0 Å². The van der Waals surface area contributed by atoms with Crippen LogP contribution in [-0.4, -0.2) is 34.5 Å². The van der Waals surface area contributed by atoms with Crippen LogP contribution in [0.2, 0.25) is 0 Å². The van der Waals surface area contributed by atoms with Crippen LogP contribution in [0.4, 0.5) is 0 Å². The van der Waals surface area contributed by atoms with Gasteiger partial charge in [0.2, 0.25) is 0 Å². The zero-order valence-corrected chi connectivity index (χ0v) is 14.4. The van der Waals surface area contributed by atoms with Crippen LogP contribution < -0.4 is 10.2 Å². The van der Waals surface area contributed by atoms with Crippen LogP contribution in [0.1, 0.15) is 21.6 Å². The summed E-state index contributed by atoms with van der Waals surface area (Å²) in [6.45, 7) is 1.82. The zero-order valence-electron chi connectivity index (χ0n) is 14.4. The van der Waals surface area contributed by atoms with Gasteiger partial charge in [0.25, 0.3) is 5.91 Å². The predicted molar refractivity (Wildman–Crippen MR) is 98.5 cm³/mol. The summed E-state index contributed by atoms with van der Waals surface area (Å²) < 4.78 is 5.14. The molecule has 7 nitrogen and oxygen atoms in total. The number of aromatic amines is 1. The third-order valence-corrected chi connectivity index (χ3v) is 3.87. The van der Waals surface area contributed by atoms with Gasteiger partial charge in [-0.3, -0.25) is 9.89 Å². The predicted octanol–water partition coefficient (Wildman–Crippen LogP) is 2.86. The molecule has 0 aliphatic rings. The van der Waals surface area contributed by atoms with Gasteiger partial charge < -0.3 is 9.84 Å². The third kappa shape index (κ3) is 3.72. The number of rotatable bonds is 5. The van der Waals surface area contributed by atoms with Gasteiger partial charge in [-0.15, -0.1) is 0 Å². The molecule has 0 aliphatic heterocycles. The number of aromatic nitrogens is 2. The first kappa shape index (κ1) is 17.2. The molecule has 7 heteroatoms. The van der Waals surface area contributed by atoms with E-state index in [1.807, 2.05) is 31.2 Å². The number of nitrogens with zero attached hydrogens (tertiary/aromatic N) is 2. The first-order valence-electron chi connectivity index (χ1n) is 7.90. The van der Waals surface area contributed by atoms with Gasteiger partial charge in [0.05, 0.1) is 19.0 Å². The van der Waals surface area contributed by atoms with Crippen LogP contribution >= 0.6 is 0 Å². The second kappa shape index (κ2) is 7.52. The number of hydrazone groups is 1. The smallest absolute Gasteiger partial charge is 0.289 e. The van der Waals surface area contributed by atoms with Gasteiger partial charge in [0, 0.05) is 11.1 Å². The van der Waals surface area contributed by atoms with E-state index in [2.05, 4.69) is 20.7 Å². The minimum Gasteiger partial charge on any atom is -0.508 e. The summed E-state index contributed by atoms with van der Waals surface area (Å²) in [6.07, 6.45) is 1.49. The fraction of sp³-hybridized carbons (Fsp3) is 0.105. The summed E-state index contributed by atoms with van der Waals surface area (Å²) in [6, 6.07) is 13.9. The number of carbonyl (C=O) groups excluding carboxylic acids is 1. The number of hydrogen-bond acceptors (Lipinski definition) is 5. The van der Waals surface area contributed by atoms with Crippen LogP contribution in [0.25, 0.3) is 11.3 Å². The van der Waals surface area contributed by atoms with Crippen molar-refractivity contribution in [2.45, 2.75) is 6.92 Å². The van der Waals surface area contributed by atoms with Gasteiger partial charge >= 0.3 is 0 Å². The third-order valence-electron chi connectivity index (χ3n) is 3.87. The van der Waals surface area contributed by atoms with E-state index in [1.54, 1.807) is 31.4 Å². The Morgan fingerprint density at radius 2 is 1.88 bits per heavy atom. The van der Waals surface area contributed by atoms with Gasteiger partial charge in [-0.1, -0.05) is 0 Å². The van der Waals surface area contributed by atoms with Gasteiger partial charge in [0.15, 0.2) is 0 Å². The summed E-state index contributed by atoms with van der Waals surface area (Å²) >= 11 is 0. The minimum atomic E-state index is -0.384. The zero-order chi connectivity index (χ0) is 18.5. The number of carbonyl (C=O) groups is 1. The van der Waals surface area contributed by atoms with Crippen molar-refractivity contribution in [3.63, 3.8) is 0 Å². The Morgan fingerprint density at radius 3 is 2.54 bits per heavy atom. The van der Waals surface area contributed by atoms with Crippen molar-refractivity contribution >= 4 is 12.1 Å². The molecular weight excluding hydrogens is 332 g/mol. The quantitative estimate of drug-likeness (QED) is 0.487. The number of H-pyrrole nitrogens is 1. The highest BCUT2D eigenvalue weighted by Crippen LogP contribution is 2.25. The van der Waals surface area contributed by atoms with Gasteiger partial charge in [-0.05, 0) is 61.0 Å². The molecule has 0 spiro atoms. The average Bonchev–Trinajstić information content (AvgIpc) is 3.05. The van der Waals surface area contributed by atoms with Crippen molar-refractivity contribution in [2.24, 2.45) is 5.10 Å². The molecule has 26 heavy (non-hydrogen) atoms. The second-order valence-corrected chi connectivity index (χ2v) is 5.59. The molecule has 1 amide bonds. The van der Waals surface area contributed by atoms with Gasteiger partial charge in [0.1, 0.15) is 17.2 Å². The Morgan fingerprint density at radius 1 is 1.19 bits per heavy atom. The van der Waals surface area contributed by atoms with Crippen molar-refractivity contribution in [3.8, 4) is 22.8 Å². The number of aromatic hydroxyl groups is 1. The van der Waals surface area contributed by atoms with Crippen LogP contribution in [0.5, 0.6) is 11.5 Å². The van der Waals surface area contributed by atoms with Gasteiger partial charge in [-0.25, -0.2) is 5.43 Å². The second-order valence-electron chi connectivity index (χ2n) is 5.59. The Hall–Kier alpha value is -3.61. The molecule has 0 radical (unpaired) electrons. The normalized spacial score (nSPS) is 10.8. The van der Waals surface area contributed by atoms with Crippen molar-refractivity contribution < 1.29 is 14.6 Å². The maximum atomic E-state index is 12.3. The molecule has 1 aromatic heterocycles. The highest BCUT2D eigenvalue weighted by Gasteiger charge is 2.16. The summed E-state index contributed by atoms with van der Waals surface area (Å²) in [4.78, 5) is 12.3. The first-order chi connectivity index (χ1) is 12.6. The first-order valence-corrected chi connectivity index (χ1v) is 7.90. The van der Waals surface area contributed by atoms with Crippen molar-refractivity contribution in [2.75, 3.05) is 7.11 Å². The highest BCUT2D eigenvalue weighted by atomic mass is 16.5. The topological polar surface area (TPSA) is 99.6 Å². The molecule has 3 rings (SSSR count). The molecular formula is C19H18N4O3. The molecule has 0 bridgehead atoms. The number of hydrogen-bond donors (Lipinski definition) is 3. The Bertz CT molecular complexity index is 928. The number of nitrogens with one attached hydrogen (secondary N) is 2. The molecule has 0 aliphatic carbocycles. The molecule has 0 saturated heterocycles. The lowest BCUT2D eigenvalue weighted by Crippen LogP contribution is -2.19. The number of ether oxygens (including phenoxy) is 1. The molecule has 3 N–H and O–H groups in total. The Labute approximate surface area is 150 Å². The fourth-order valence-corrected chi connectivity index (χ4v) is 2.43. The van der Waals surface area contributed by atoms with Crippen LogP contribution in [-0.2, 0) is 0 Å². The lowest BCUT2D eigenvalue weighted by molar-refractivity contribution is 0.0949. The van der Waals surface area contributed by atoms with E-state index in [9.17, 15) is 9.90 Å². The fourth-order valence-electron chi connectivity index (χ4n) is 2.43. The minimum absolute atomic E-state index is 0.172. The number of phenolic OH excluding ortho intramolecular Hbond substituents is 1. The van der Waals surface area contributed by atoms with Gasteiger partial charge in [-0.2, -0.15) is 10.2 Å². The maximum Gasteiger partial charge on any atom is 0.289 e. The summed E-state index contributed by atoms with van der Waals surface area (Å²) in [5.41, 5.74) is 5.87. The largest absolute Gasteiger partial charge is 0.508 e. The van der Waals surface area contributed by atoms with E-state index in [4.69, 9.17) is 4.74 Å². The molecule has 132 valence electrons. The Balaban J connectivity index is 1.72. The van der Waals surface area contributed by atoms with Crippen molar-refractivity contribution in [1.82, 2.24) is 15.6 Å². The van der Waals surface area contributed by atoms with Crippen molar-refractivity contribution in [3.05, 3.63) is 65.4 Å². The lowest BCUT2D eigenvalue weighted by Gasteiger charge is -2.02. The number of phenols is 1. The summed E-state index contributed by atoms with van der Waals surface area (Å²) in [7, 11) is 1.61. The lowest BCUT2D eigenvalue weighted by atomic mass is 10.1. The molecule has 2 aromatic carbocycles. The standard InChI is InChI=1S/C19H18N4O3/c1-12-17(14-5-9-16(26-2)10-6-14)21-22-18(12)19(25)23-20-11-13-3-7-15(24)8-4-13/h3-11,24H,1-2H3,(H,21,22)(H,23,25)/b20-11+. The maximum absolute atomic E-state index is 12.3. The molecule has 3 aromatic rings. The van der Waals surface area contributed by atoms with E-state index in [-0.39, 0.29) is 11.7 Å². The SMILES string of the molecule is COc1ccc(-c2n[nH]c(C(=O)N/N=C/c3ccc(O)cc3)c2C)cc1. The van der Waals surface area contributed by atoms with Crippen LogP contribution in [0.15, 0.2) is 53.6 Å². The molecule has 0 fully saturated rings. The molecule has 0 atom stereocenters. The molecule has 1 heterocycles. The van der Waals surface area contributed by atoms with E-state index >= 15 is 0 Å². The number of benzene rings is 2. The van der Waals surface area contributed by atoms with E-state index < -0.39 is 0 Å². The number of methoxy groups -OCH3 is 1. The summed E-state index contributed by atoms with van der Waals surface area (Å²) in [5.74, 6) is 0.540. The molecule has 0 saturated carbocycles. The molecule has 0 unspecified atom stereocenters. The van der Waals surface area contributed by atoms with E-state index in [0.717, 1.165) is 22.4 Å². The number of amides is 1. The Kier molecular flexibility index (Phi) is 4.98. The van der Waals surface area contributed by atoms with Crippen LogP contribution in [0, 0.1) is 6.92 Å². The summed E-state index contributed by atoms with van der Waals surface area (Å²) in [5, 5.41) is 20.2. The van der Waals surface area contributed by atoms with Crippen LogP contribution in [0.3, 0.4) is 0 Å². The monoisotopic (exact) mass is 350 g/mol. The van der Waals surface area contributed by atoms with E-state index in [1.165, 1.54) is 6.21 Å². The van der Waals surface area contributed by atoms with E-state index in [0.29, 0.717) is 11.4 Å².